The molecule has 0 aliphatic heterocycles. The molecule has 1 atom stereocenters. The summed E-state index contributed by atoms with van der Waals surface area (Å²) in [7, 11) is 2.29. The van der Waals surface area contributed by atoms with Crippen LogP contribution in [-0.4, -0.2) is 24.7 Å². The summed E-state index contributed by atoms with van der Waals surface area (Å²) in [6.07, 6.45) is 14.1. The molecule has 18 heavy (non-hydrogen) atoms. The maximum absolute atomic E-state index is 6.12. The van der Waals surface area contributed by atoms with Gasteiger partial charge in [0, 0.05) is 11.0 Å². The van der Waals surface area contributed by atoms with Crippen LogP contribution in [-0.2, 0) is 0 Å². The van der Waals surface area contributed by atoms with Gasteiger partial charge in [0.15, 0.2) is 0 Å². The molecule has 2 heteroatoms. The zero-order valence-electron chi connectivity index (χ0n) is 12.1. The highest BCUT2D eigenvalue weighted by Crippen LogP contribution is 2.50. The molecule has 0 heterocycles. The number of rotatable bonds is 5. The van der Waals surface area contributed by atoms with Crippen molar-refractivity contribution in [1.82, 2.24) is 0 Å². The largest absolute Gasteiger partial charge is 0.284 e. The highest BCUT2D eigenvalue weighted by atomic mass is 15.4. The predicted molar refractivity (Wildman–Crippen MR) is 77.7 cm³/mol. The maximum Gasteiger partial charge on any atom is 0.136 e. The van der Waals surface area contributed by atoms with Crippen molar-refractivity contribution in [3.05, 3.63) is 35.6 Å². The molecule has 0 radical (unpaired) electrons. The second-order valence-corrected chi connectivity index (χ2v) is 6.20. The number of nitrogens with two attached hydrogens (primary N) is 1. The van der Waals surface area contributed by atoms with Crippen LogP contribution in [0.5, 0.6) is 0 Å². The average Bonchev–Trinajstić information content (AvgIpc) is 3.15. The monoisotopic (exact) mass is 247 g/mol. The van der Waals surface area contributed by atoms with Gasteiger partial charge in [-0.15, -0.1) is 0 Å². The molecule has 100 valence electrons. The summed E-state index contributed by atoms with van der Waals surface area (Å²) < 4.78 is 0.876. The van der Waals surface area contributed by atoms with Crippen LogP contribution in [0.25, 0.3) is 0 Å². The van der Waals surface area contributed by atoms with E-state index in [0.29, 0.717) is 12.1 Å². The lowest BCUT2D eigenvalue weighted by atomic mass is 10.0. The van der Waals surface area contributed by atoms with Crippen molar-refractivity contribution in [2.24, 2.45) is 11.1 Å². The van der Waals surface area contributed by atoms with Gasteiger partial charge >= 0.3 is 0 Å². The standard InChI is InChI=1S/C16H27N2/c1-4-16(10-11-16)12-18(3,13-17)15-9-7-5-6-8-14(15)2/h6-9H,4-5,10-13,17H2,1-3H3/q+1. The van der Waals surface area contributed by atoms with E-state index >= 15 is 0 Å². The third-order valence-electron chi connectivity index (χ3n) is 4.70. The van der Waals surface area contributed by atoms with Gasteiger partial charge in [-0.1, -0.05) is 25.2 Å². The molecule has 1 unspecified atom stereocenters. The number of hydrogen-bond acceptors (Lipinski definition) is 1. The van der Waals surface area contributed by atoms with Crippen LogP contribution in [0.2, 0.25) is 0 Å². The molecule has 0 aromatic carbocycles. The van der Waals surface area contributed by atoms with Crippen LogP contribution in [0.3, 0.4) is 0 Å². The summed E-state index contributed by atoms with van der Waals surface area (Å²) in [5, 5.41) is 0. The summed E-state index contributed by atoms with van der Waals surface area (Å²) in [5.74, 6) is 0. The van der Waals surface area contributed by atoms with Gasteiger partial charge in [-0.25, -0.2) is 0 Å². The molecule has 2 aliphatic carbocycles. The van der Waals surface area contributed by atoms with Gasteiger partial charge in [0.2, 0.25) is 0 Å². The van der Waals surface area contributed by atoms with E-state index in [1.807, 2.05) is 0 Å². The Morgan fingerprint density at radius 3 is 2.50 bits per heavy atom. The first kappa shape index (κ1) is 13.6. The first-order valence-corrected chi connectivity index (χ1v) is 7.14. The lowest BCUT2D eigenvalue weighted by Crippen LogP contribution is -2.50. The minimum atomic E-state index is 0.561. The molecule has 0 bridgehead atoms. The molecule has 1 fully saturated rings. The lowest BCUT2D eigenvalue weighted by molar-refractivity contribution is -0.874. The topological polar surface area (TPSA) is 26.0 Å². The Hall–Kier alpha value is -0.860. The van der Waals surface area contributed by atoms with Crippen LogP contribution < -0.4 is 5.73 Å². The van der Waals surface area contributed by atoms with E-state index in [2.05, 4.69) is 45.2 Å². The van der Waals surface area contributed by atoms with Gasteiger partial charge in [-0.2, -0.15) is 0 Å². The SMILES string of the molecule is CCC1(C[N+](C)(CN)C2=C(C)C=CCC=C2)CC1. The van der Waals surface area contributed by atoms with Gasteiger partial charge < -0.3 is 0 Å². The normalized spacial score (nSPS) is 24.9. The zero-order valence-corrected chi connectivity index (χ0v) is 12.1. The average molecular weight is 247 g/mol. The van der Waals surface area contributed by atoms with E-state index in [0.717, 1.165) is 10.9 Å². The Labute approximate surface area is 111 Å². The van der Waals surface area contributed by atoms with Crippen molar-refractivity contribution in [3.63, 3.8) is 0 Å². The Morgan fingerprint density at radius 2 is 1.94 bits per heavy atom. The molecule has 2 nitrogen and oxygen atoms in total. The second-order valence-electron chi connectivity index (χ2n) is 6.20. The summed E-state index contributed by atoms with van der Waals surface area (Å²) in [4.78, 5) is 0. The molecular weight excluding hydrogens is 220 g/mol. The molecule has 0 saturated heterocycles. The van der Waals surface area contributed by atoms with Gasteiger partial charge in [0.05, 0.1) is 13.6 Å². The summed E-state index contributed by atoms with van der Waals surface area (Å²) in [6.45, 7) is 6.40. The van der Waals surface area contributed by atoms with Crippen LogP contribution >= 0.6 is 0 Å². The first-order chi connectivity index (χ1) is 8.55. The fourth-order valence-electron chi connectivity index (χ4n) is 3.11. The molecule has 0 spiro atoms. The van der Waals surface area contributed by atoms with Gasteiger partial charge in [-0.05, 0) is 38.7 Å². The van der Waals surface area contributed by atoms with Gasteiger partial charge in [0.1, 0.15) is 12.4 Å². The van der Waals surface area contributed by atoms with Gasteiger partial charge in [0.25, 0.3) is 0 Å². The van der Waals surface area contributed by atoms with E-state index < -0.39 is 0 Å². The fraction of sp³-hybridized carbons (Fsp3) is 0.625. The number of quaternary nitrogens is 1. The van der Waals surface area contributed by atoms with Crippen molar-refractivity contribution in [2.45, 2.75) is 39.5 Å². The van der Waals surface area contributed by atoms with Crippen molar-refractivity contribution in [1.29, 1.82) is 0 Å². The minimum Gasteiger partial charge on any atom is -0.284 e. The zero-order chi connectivity index (χ0) is 13.2. The lowest BCUT2D eigenvalue weighted by Gasteiger charge is -2.37. The summed E-state index contributed by atoms with van der Waals surface area (Å²) in [5.41, 5.74) is 9.44. The molecule has 2 rings (SSSR count). The molecule has 2 N–H and O–H groups in total. The highest BCUT2D eigenvalue weighted by Gasteiger charge is 2.48. The van der Waals surface area contributed by atoms with Crippen molar-refractivity contribution in [2.75, 3.05) is 20.3 Å². The number of allylic oxidation sites excluding steroid dienone is 5. The Balaban J connectivity index is 2.28. The second kappa shape index (κ2) is 5.02. The molecular formula is C16H27N2+. The Bertz CT molecular complexity index is 399. The molecule has 1 saturated carbocycles. The number of hydrogen-bond donors (Lipinski definition) is 1. The van der Waals surface area contributed by atoms with Gasteiger partial charge in [-0.3, -0.25) is 10.2 Å². The quantitative estimate of drug-likeness (QED) is 0.585. The number of likely N-dealkylation sites (N-methyl/N-ethyl adjacent to an activating group) is 1. The van der Waals surface area contributed by atoms with Crippen LogP contribution in [0.4, 0.5) is 0 Å². The van der Waals surface area contributed by atoms with Crippen molar-refractivity contribution < 1.29 is 4.48 Å². The molecule has 2 aliphatic rings. The summed E-state index contributed by atoms with van der Waals surface area (Å²) in [6, 6.07) is 0. The molecule has 0 aromatic heterocycles. The minimum absolute atomic E-state index is 0.561. The Kier molecular flexibility index (Phi) is 3.79. The highest BCUT2D eigenvalue weighted by molar-refractivity contribution is 5.30. The van der Waals surface area contributed by atoms with E-state index in [1.54, 1.807) is 0 Å². The van der Waals surface area contributed by atoms with Crippen LogP contribution in [0.1, 0.15) is 39.5 Å². The third-order valence-corrected chi connectivity index (χ3v) is 4.70. The Morgan fingerprint density at radius 1 is 1.28 bits per heavy atom. The third kappa shape index (κ3) is 2.60. The number of nitrogens with zero attached hydrogens (tertiary/aromatic N) is 1. The van der Waals surface area contributed by atoms with E-state index in [4.69, 9.17) is 5.73 Å². The molecule has 0 amide bonds. The van der Waals surface area contributed by atoms with Crippen molar-refractivity contribution >= 4 is 0 Å². The summed E-state index contributed by atoms with van der Waals surface area (Å²) >= 11 is 0. The first-order valence-electron chi connectivity index (χ1n) is 7.14. The maximum atomic E-state index is 6.12. The fourth-order valence-corrected chi connectivity index (χ4v) is 3.11. The van der Waals surface area contributed by atoms with E-state index in [9.17, 15) is 0 Å². The smallest absolute Gasteiger partial charge is 0.136 e. The van der Waals surface area contributed by atoms with Crippen LogP contribution in [0, 0.1) is 5.41 Å². The predicted octanol–water partition coefficient (Wildman–Crippen LogP) is 3.33. The van der Waals surface area contributed by atoms with E-state index in [1.165, 1.54) is 37.1 Å². The van der Waals surface area contributed by atoms with Crippen LogP contribution in [0.15, 0.2) is 35.6 Å². The van der Waals surface area contributed by atoms with E-state index in [-0.39, 0.29) is 0 Å². The molecule has 0 aromatic rings. The van der Waals surface area contributed by atoms with Crippen molar-refractivity contribution in [3.8, 4) is 0 Å².